The highest BCUT2D eigenvalue weighted by atomic mass is 16.3. The molecule has 8 heteroatoms. The van der Waals surface area contributed by atoms with E-state index in [9.17, 15) is 24.9 Å². The van der Waals surface area contributed by atoms with E-state index in [-0.39, 0.29) is 11.8 Å². The minimum Gasteiger partial charge on any atom is -0.508 e. The van der Waals surface area contributed by atoms with Crippen LogP contribution in [0.5, 0.6) is 5.75 Å². The lowest BCUT2D eigenvalue weighted by atomic mass is 10.1. The van der Waals surface area contributed by atoms with Gasteiger partial charge in [0, 0.05) is 31.9 Å². The van der Waals surface area contributed by atoms with Crippen molar-refractivity contribution in [1.29, 1.82) is 0 Å². The molecular formula is C23H29N3O5. The topological polar surface area (TPSA) is 113 Å². The Balaban J connectivity index is 1.52. The predicted octanol–water partition coefficient (Wildman–Crippen LogP) is 0.948. The number of piperazine rings is 1. The number of hydrogen-bond donors (Lipinski definition) is 4. The fourth-order valence-corrected chi connectivity index (χ4v) is 3.55. The van der Waals surface area contributed by atoms with Gasteiger partial charge in [0.25, 0.3) is 11.8 Å². The van der Waals surface area contributed by atoms with E-state index in [1.807, 2.05) is 31.2 Å². The Hall–Kier alpha value is -3.10. The van der Waals surface area contributed by atoms with Gasteiger partial charge in [0.2, 0.25) is 0 Å². The molecule has 1 fully saturated rings. The standard InChI is InChI=1S/C23H29N3O5/c1-15-3-5-17(6-4-15)16(2)24-22(30)20(28)21(29)23(31)26-13-11-25(12-14-26)18-7-9-19(27)10-8-18/h3-10,16,20-21,27-29H,11-14H2,1-2H3,(H,24,30)/t16-,20?,21?/m0/s1. The van der Waals surface area contributed by atoms with Crippen molar-refractivity contribution < 1.29 is 24.9 Å². The summed E-state index contributed by atoms with van der Waals surface area (Å²) in [6.07, 6.45) is -3.68. The van der Waals surface area contributed by atoms with E-state index in [0.29, 0.717) is 26.2 Å². The molecular weight excluding hydrogens is 398 g/mol. The molecule has 2 unspecified atom stereocenters. The molecule has 1 heterocycles. The first-order valence-electron chi connectivity index (χ1n) is 10.3. The third kappa shape index (κ3) is 5.53. The quantitative estimate of drug-likeness (QED) is 0.546. The van der Waals surface area contributed by atoms with Crippen LogP contribution < -0.4 is 10.2 Å². The number of phenolic OH excluding ortho intramolecular Hbond substituents is 1. The normalized spacial score (nSPS) is 17.0. The molecule has 0 spiro atoms. The summed E-state index contributed by atoms with van der Waals surface area (Å²) < 4.78 is 0. The summed E-state index contributed by atoms with van der Waals surface area (Å²) >= 11 is 0. The molecule has 2 aromatic rings. The number of aryl methyl sites for hydroxylation is 1. The van der Waals surface area contributed by atoms with Gasteiger partial charge in [-0.3, -0.25) is 9.59 Å². The summed E-state index contributed by atoms with van der Waals surface area (Å²) in [5.41, 5.74) is 2.88. The smallest absolute Gasteiger partial charge is 0.254 e. The lowest BCUT2D eigenvalue weighted by molar-refractivity contribution is -0.153. The summed E-state index contributed by atoms with van der Waals surface area (Å²) in [6, 6.07) is 14.0. The molecule has 166 valence electrons. The Morgan fingerprint density at radius 1 is 0.903 bits per heavy atom. The second kappa shape index (κ2) is 9.80. The Bertz CT molecular complexity index is 892. The van der Waals surface area contributed by atoms with E-state index in [2.05, 4.69) is 10.2 Å². The Labute approximate surface area is 181 Å². The van der Waals surface area contributed by atoms with Gasteiger partial charge in [-0.15, -0.1) is 0 Å². The number of carbonyl (C=O) groups is 2. The van der Waals surface area contributed by atoms with E-state index in [0.717, 1.165) is 16.8 Å². The number of nitrogens with one attached hydrogen (secondary N) is 1. The first kappa shape index (κ1) is 22.6. The number of hydrogen-bond acceptors (Lipinski definition) is 6. The summed E-state index contributed by atoms with van der Waals surface area (Å²) in [4.78, 5) is 28.5. The molecule has 2 amide bonds. The number of nitrogens with zero attached hydrogens (tertiary/aromatic N) is 2. The van der Waals surface area contributed by atoms with Gasteiger partial charge in [-0.1, -0.05) is 29.8 Å². The molecule has 31 heavy (non-hydrogen) atoms. The zero-order valence-electron chi connectivity index (χ0n) is 17.7. The largest absolute Gasteiger partial charge is 0.508 e. The highest BCUT2D eigenvalue weighted by molar-refractivity contribution is 5.91. The van der Waals surface area contributed by atoms with E-state index in [1.54, 1.807) is 31.2 Å². The highest BCUT2D eigenvalue weighted by Crippen LogP contribution is 2.20. The number of aromatic hydroxyl groups is 1. The van der Waals surface area contributed by atoms with Gasteiger partial charge in [0.05, 0.1) is 6.04 Å². The average Bonchev–Trinajstić information content (AvgIpc) is 2.78. The monoisotopic (exact) mass is 427 g/mol. The summed E-state index contributed by atoms with van der Waals surface area (Å²) in [7, 11) is 0. The van der Waals surface area contributed by atoms with Gasteiger partial charge in [0.1, 0.15) is 5.75 Å². The molecule has 1 aliphatic heterocycles. The van der Waals surface area contributed by atoms with Crippen LogP contribution in [-0.4, -0.2) is 70.4 Å². The maximum absolute atomic E-state index is 12.6. The Morgan fingerprint density at radius 3 is 2.06 bits per heavy atom. The van der Waals surface area contributed by atoms with Gasteiger partial charge < -0.3 is 30.4 Å². The van der Waals surface area contributed by atoms with Crippen LogP contribution in [0.15, 0.2) is 48.5 Å². The van der Waals surface area contributed by atoms with Gasteiger partial charge >= 0.3 is 0 Å². The second-order valence-corrected chi connectivity index (χ2v) is 7.86. The summed E-state index contributed by atoms with van der Waals surface area (Å²) in [5, 5.41) is 32.6. The molecule has 3 atom stereocenters. The third-order valence-corrected chi connectivity index (χ3v) is 5.56. The van der Waals surface area contributed by atoms with Gasteiger partial charge in [-0.2, -0.15) is 0 Å². The van der Waals surface area contributed by atoms with Crippen molar-refractivity contribution in [2.45, 2.75) is 32.1 Å². The van der Waals surface area contributed by atoms with E-state index in [4.69, 9.17) is 0 Å². The molecule has 3 rings (SSSR count). The van der Waals surface area contributed by atoms with Crippen LogP contribution in [0.1, 0.15) is 24.1 Å². The van der Waals surface area contributed by atoms with Crippen LogP contribution in [-0.2, 0) is 9.59 Å². The second-order valence-electron chi connectivity index (χ2n) is 7.86. The van der Waals surface area contributed by atoms with E-state index in [1.165, 1.54) is 4.90 Å². The zero-order chi connectivity index (χ0) is 22.5. The van der Waals surface area contributed by atoms with Crippen molar-refractivity contribution in [1.82, 2.24) is 10.2 Å². The van der Waals surface area contributed by atoms with Gasteiger partial charge in [0.15, 0.2) is 12.2 Å². The molecule has 0 bridgehead atoms. The fraction of sp³-hybridized carbons (Fsp3) is 0.391. The average molecular weight is 428 g/mol. The molecule has 4 N–H and O–H groups in total. The summed E-state index contributed by atoms with van der Waals surface area (Å²) in [5.74, 6) is -1.28. The molecule has 1 saturated heterocycles. The Kier molecular flexibility index (Phi) is 7.14. The highest BCUT2D eigenvalue weighted by Gasteiger charge is 2.35. The number of aliphatic hydroxyl groups is 2. The zero-order valence-corrected chi connectivity index (χ0v) is 17.7. The number of anilines is 1. The predicted molar refractivity (Wildman–Crippen MR) is 117 cm³/mol. The van der Waals surface area contributed by atoms with Gasteiger partial charge in [-0.25, -0.2) is 0 Å². The SMILES string of the molecule is Cc1ccc([C@H](C)NC(=O)C(O)C(O)C(=O)N2CCN(c3ccc(O)cc3)CC2)cc1. The minimum absolute atomic E-state index is 0.185. The maximum atomic E-state index is 12.6. The Morgan fingerprint density at radius 2 is 1.48 bits per heavy atom. The minimum atomic E-state index is -1.85. The molecule has 0 aliphatic carbocycles. The number of carbonyl (C=O) groups excluding carboxylic acids is 2. The molecule has 2 aromatic carbocycles. The van der Waals surface area contributed by atoms with E-state index < -0.39 is 24.0 Å². The summed E-state index contributed by atoms with van der Waals surface area (Å²) in [6.45, 7) is 5.51. The van der Waals surface area contributed by atoms with Crippen LogP contribution >= 0.6 is 0 Å². The van der Waals surface area contributed by atoms with Crippen molar-refractivity contribution in [3.05, 3.63) is 59.7 Å². The van der Waals surface area contributed by atoms with Crippen molar-refractivity contribution in [2.75, 3.05) is 31.1 Å². The molecule has 0 aromatic heterocycles. The van der Waals surface area contributed by atoms with Crippen molar-refractivity contribution in [3.63, 3.8) is 0 Å². The van der Waals surface area contributed by atoms with Crippen molar-refractivity contribution in [3.8, 4) is 5.75 Å². The number of benzene rings is 2. The maximum Gasteiger partial charge on any atom is 0.254 e. The third-order valence-electron chi connectivity index (χ3n) is 5.56. The van der Waals surface area contributed by atoms with Crippen LogP contribution in [0.3, 0.4) is 0 Å². The molecule has 0 radical (unpaired) electrons. The van der Waals surface area contributed by atoms with Crippen LogP contribution in [0.2, 0.25) is 0 Å². The van der Waals surface area contributed by atoms with Crippen LogP contribution in [0.4, 0.5) is 5.69 Å². The first-order valence-corrected chi connectivity index (χ1v) is 10.3. The lowest BCUT2D eigenvalue weighted by Crippen LogP contribution is -2.55. The van der Waals surface area contributed by atoms with Crippen molar-refractivity contribution in [2.24, 2.45) is 0 Å². The first-order chi connectivity index (χ1) is 14.8. The number of amides is 2. The fourth-order valence-electron chi connectivity index (χ4n) is 3.55. The van der Waals surface area contributed by atoms with Gasteiger partial charge in [-0.05, 0) is 43.7 Å². The van der Waals surface area contributed by atoms with E-state index >= 15 is 0 Å². The van der Waals surface area contributed by atoms with Crippen molar-refractivity contribution >= 4 is 17.5 Å². The van der Waals surface area contributed by atoms with Crippen LogP contribution in [0, 0.1) is 6.92 Å². The van der Waals surface area contributed by atoms with Crippen LogP contribution in [0.25, 0.3) is 0 Å². The number of rotatable bonds is 6. The molecule has 0 saturated carbocycles. The lowest BCUT2D eigenvalue weighted by Gasteiger charge is -2.37. The number of aliphatic hydroxyl groups excluding tert-OH is 2. The molecule has 8 nitrogen and oxygen atoms in total. The molecule has 1 aliphatic rings. The number of phenols is 1.